The number of hydrogen-bond acceptors (Lipinski definition) is 2. The van der Waals surface area contributed by atoms with Crippen LogP contribution in [0, 0.1) is 0 Å². The van der Waals surface area contributed by atoms with Gasteiger partial charge in [0.05, 0.1) is 0 Å². The molecular weight excluding hydrogens is 214 g/mol. The molecule has 2 N–H and O–H groups in total. The highest BCUT2D eigenvalue weighted by Crippen LogP contribution is 2.30. The zero-order valence-electron chi connectivity index (χ0n) is 8.11. The molecule has 2 rings (SSSR count). The van der Waals surface area contributed by atoms with Crippen LogP contribution in [0.15, 0.2) is 24.3 Å². The van der Waals surface area contributed by atoms with Crippen LogP contribution in [0.2, 0.25) is 5.02 Å². The van der Waals surface area contributed by atoms with Crippen LogP contribution in [0.25, 0.3) is 0 Å². The van der Waals surface area contributed by atoms with E-state index in [1.165, 1.54) is 0 Å². The second-order valence-electron chi connectivity index (χ2n) is 3.71. The predicted molar refractivity (Wildman–Crippen MR) is 58.0 cm³/mol. The number of carbonyl (C=O) groups is 1. The van der Waals surface area contributed by atoms with Gasteiger partial charge in [-0.2, -0.15) is 0 Å². The predicted octanol–water partition coefficient (Wildman–Crippen LogP) is 2.22. The fourth-order valence-electron chi connectivity index (χ4n) is 1.94. The quantitative estimate of drug-likeness (QED) is 0.812. The third-order valence-electron chi connectivity index (χ3n) is 2.73. The maximum absolute atomic E-state index is 10.8. The average Bonchev–Trinajstić information content (AvgIpc) is 2.67. The monoisotopic (exact) mass is 225 g/mol. The minimum Gasteiger partial charge on any atom is -0.480 e. The Morgan fingerprint density at radius 3 is 2.73 bits per heavy atom. The van der Waals surface area contributed by atoms with Crippen molar-refractivity contribution in [1.82, 2.24) is 5.32 Å². The van der Waals surface area contributed by atoms with E-state index in [9.17, 15) is 4.79 Å². The Hall–Kier alpha value is -1.06. The minimum absolute atomic E-state index is 0.0693. The molecular formula is C11H12ClNO2. The first-order chi connectivity index (χ1) is 7.18. The highest BCUT2D eigenvalue weighted by atomic mass is 35.5. The number of nitrogens with one attached hydrogen (secondary N) is 1. The third-order valence-corrected chi connectivity index (χ3v) is 3.07. The zero-order chi connectivity index (χ0) is 10.8. The number of aliphatic carboxylic acids is 1. The van der Waals surface area contributed by atoms with Crippen LogP contribution in [0.1, 0.15) is 24.4 Å². The summed E-state index contributed by atoms with van der Waals surface area (Å²) in [6, 6.07) is 7.18. The molecule has 0 radical (unpaired) electrons. The normalized spacial score (nSPS) is 25.4. The molecule has 4 heteroatoms. The second kappa shape index (κ2) is 4.21. The Kier molecular flexibility index (Phi) is 2.93. The lowest BCUT2D eigenvalue weighted by Gasteiger charge is -2.13. The first-order valence-electron chi connectivity index (χ1n) is 4.92. The molecule has 3 nitrogen and oxygen atoms in total. The van der Waals surface area contributed by atoms with Gasteiger partial charge in [0.2, 0.25) is 0 Å². The Bertz CT molecular complexity index is 381. The van der Waals surface area contributed by atoms with Crippen LogP contribution in [0.5, 0.6) is 0 Å². The largest absolute Gasteiger partial charge is 0.480 e. The first-order valence-corrected chi connectivity index (χ1v) is 5.29. The molecule has 80 valence electrons. The van der Waals surface area contributed by atoms with Crippen molar-refractivity contribution in [3.8, 4) is 0 Å². The Labute approximate surface area is 93.1 Å². The van der Waals surface area contributed by atoms with Crippen molar-refractivity contribution in [3.05, 3.63) is 34.9 Å². The smallest absolute Gasteiger partial charge is 0.320 e. The molecule has 0 bridgehead atoms. The topological polar surface area (TPSA) is 49.3 Å². The van der Waals surface area contributed by atoms with E-state index in [1.807, 2.05) is 24.3 Å². The van der Waals surface area contributed by atoms with Gasteiger partial charge >= 0.3 is 5.97 Å². The number of carboxylic acids is 1. The summed E-state index contributed by atoms with van der Waals surface area (Å²) in [7, 11) is 0. The number of hydrogen-bond donors (Lipinski definition) is 2. The van der Waals surface area contributed by atoms with Gasteiger partial charge in [-0.3, -0.25) is 10.1 Å². The van der Waals surface area contributed by atoms with Gasteiger partial charge in [-0.1, -0.05) is 29.8 Å². The van der Waals surface area contributed by atoms with Crippen LogP contribution in [-0.2, 0) is 4.79 Å². The maximum atomic E-state index is 10.8. The number of benzene rings is 1. The van der Waals surface area contributed by atoms with Crippen molar-refractivity contribution in [3.63, 3.8) is 0 Å². The van der Waals surface area contributed by atoms with E-state index in [-0.39, 0.29) is 6.04 Å². The molecule has 0 saturated carbocycles. The molecule has 0 amide bonds. The van der Waals surface area contributed by atoms with E-state index in [2.05, 4.69) is 5.32 Å². The second-order valence-corrected chi connectivity index (χ2v) is 4.12. The zero-order valence-corrected chi connectivity index (χ0v) is 8.87. The average molecular weight is 226 g/mol. The highest BCUT2D eigenvalue weighted by Gasteiger charge is 2.30. The number of rotatable bonds is 2. The summed E-state index contributed by atoms with van der Waals surface area (Å²) < 4.78 is 0. The van der Waals surface area contributed by atoms with Gasteiger partial charge < -0.3 is 5.11 Å². The standard InChI is InChI=1S/C11H12ClNO2/c12-8-4-2-1-3-7(8)9-5-6-10(13-9)11(14)15/h1-4,9-10,13H,5-6H2,(H,14,15)/t9-,10-/m0/s1. The fourth-order valence-corrected chi connectivity index (χ4v) is 2.21. The summed E-state index contributed by atoms with van der Waals surface area (Å²) in [5.74, 6) is -0.787. The molecule has 0 aliphatic carbocycles. The van der Waals surface area contributed by atoms with Crippen LogP contribution in [-0.4, -0.2) is 17.1 Å². The van der Waals surface area contributed by atoms with E-state index in [0.29, 0.717) is 11.4 Å². The van der Waals surface area contributed by atoms with E-state index < -0.39 is 12.0 Å². The lowest BCUT2D eigenvalue weighted by Crippen LogP contribution is -2.31. The molecule has 1 aromatic carbocycles. The molecule has 1 aromatic rings. The summed E-state index contributed by atoms with van der Waals surface area (Å²) >= 11 is 6.04. The summed E-state index contributed by atoms with van der Waals surface area (Å²) in [5, 5.41) is 12.6. The lowest BCUT2D eigenvalue weighted by atomic mass is 10.1. The van der Waals surface area contributed by atoms with E-state index in [4.69, 9.17) is 16.7 Å². The van der Waals surface area contributed by atoms with Crippen molar-refractivity contribution in [2.24, 2.45) is 0 Å². The summed E-state index contributed by atoms with van der Waals surface area (Å²) in [6.45, 7) is 0. The van der Waals surface area contributed by atoms with Crippen molar-refractivity contribution in [1.29, 1.82) is 0 Å². The number of halogens is 1. The maximum Gasteiger partial charge on any atom is 0.320 e. The molecule has 1 fully saturated rings. The van der Waals surface area contributed by atoms with Gasteiger partial charge in [0.15, 0.2) is 0 Å². The van der Waals surface area contributed by atoms with Crippen molar-refractivity contribution in [2.75, 3.05) is 0 Å². The van der Waals surface area contributed by atoms with Gasteiger partial charge in [-0.05, 0) is 24.5 Å². The van der Waals surface area contributed by atoms with Crippen LogP contribution < -0.4 is 5.32 Å². The molecule has 1 heterocycles. The van der Waals surface area contributed by atoms with E-state index >= 15 is 0 Å². The summed E-state index contributed by atoms with van der Waals surface area (Å²) in [6.07, 6.45) is 1.48. The molecule has 2 atom stereocenters. The molecule has 1 aliphatic heterocycles. The van der Waals surface area contributed by atoms with Gasteiger partial charge in [-0.15, -0.1) is 0 Å². The Morgan fingerprint density at radius 2 is 2.13 bits per heavy atom. The van der Waals surface area contributed by atoms with Gasteiger partial charge in [0, 0.05) is 11.1 Å². The first kappa shape index (κ1) is 10.5. The van der Waals surface area contributed by atoms with Gasteiger partial charge in [-0.25, -0.2) is 0 Å². The lowest BCUT2D eigenvalue weighted by molar-refractivity contribution is -0.139. The minimum atomic E-state index is -0.787. The summed E-state index contributed by atoms with van der Waals surface area (Å²) in [4.78, 5) is 10.8. The van der Waals surface area contributed by atoms with Gasteiger partial charge in [0.25, 0.3) is 0 Å². The van der Waals surface area contributed by atoms with Crippen molar-refractivity contribution < 1.29 is 9.90 Å². The molecule has 0 aromatic heterocycles. The van der Waals surface area contributed by atoms with Crippen LogP contribution in [0.4, 0.5) is 0 Å². The third kappa shape index (κ3) is 2.13. The molecule has 15 heavy (non-hydrogen) atoms. The Morgan fingerprint density at radius 1 is 1.40 bits per heavy atom. The highest BCUT2D eigenvalue weighted by molar-refractivity contribution is 6.31. The van der Waals surface area contributed by atoms with Crippen molar-refractivity contribution >= 4 is 17.6 Å². The van der Waals surface area contributed by atoms with Crippen molar-refractivity contribution in [2.45, 2.75) is 24.9 Å². The van der Waals surface area contributed by atoms with E-state index in [0.717, 1.165) is 12.0 Å². The fraction of sp³-hybridized carbons (Fsp3) is 0.364. The molecule has 0 spiro atoms. The van der Waals surface area contributed by atoms with Gasteiger partial charge in [0.1, 0.15) is 6.04 Å². The van der Waals surface area contributed by atoms with E-state index in [1.54, 1.807) is 0 Å². The Balaban J connectivity index is 2.14. The van der Waals surface area contributed by atoms with Crippen LogP contribution >= 0.6 is 11.6 Å². The van der Waals surface area contributed by atoms with Crippen LogP contribution in [0.3, 0.4) is 0 Å². The summed E-state index contributed by atoms with van der Waals surface area (Å²) in [5.41, 5.74) is 0.989. The number of carboxylic acid groups (broad SMARTS) is 1. The molecule has 1 aliphatic rings. The molecule has 0 unspecified atom stereocenters. The molecule has 1 saturated heterocycles. The SMILES string of the molecule is O=C(O)[C@@H]1CC[C@@H](c2ccccc2Cl)N1.